The molecule has 6 rings (SSSR count). The van der Waals surface area contributed by atoms with Crippen molar-refractivity contribution in [3.8, 4) is 5.88 Å². The van der Waals surface area contributed by atoms with Gasteiger partial charge in [0.2, 0.25) is 5.88 Å². The molecule has 1 aromatic carbocycles. The molecule has 3 fully saturated rings. The third kappa shape index (κ3) is 5.91. The molecule has 3 aromatic rings. The number of oxime groups is 1. The van der Waals surface area contributed by atoms with Crippen LogP contribution in [0.3, 0.4) is 0 Å². The number of aromatic nitrogens is 2. The molecule has 4 heterocycles. The minimum absolute atomic E-state index is 0.0128. The molecule has 2 aromatic heterocycles. The van der Waals surface area contributed by atoms with Crippen LogP contribution >= 0.6 is 11.3 Å². The van der Waals surface area contributed by atoms with E-state index in [-0.39, 0.29) is 28.1 Å². The Morgan fingerprint density at radius 1 is 1.10 bits per heavy atom. The fourth-order valence-corrected chi connectivity index (χ4v) is 7.04. The summed E-state index contributed by atoms with van der Waals surface area (Å²) in [6.45, 7) is 2.80. The number of hydrogen-bond donors (Lipinski definition) is 1. The molecule has 1 N–H and O–H groups in total. The fourth-order valence-electron chi connectivity index (χ4n) is 4.56. The Labute approximate surface area is 230 Å². The highest BCUT2D eigenvalue weighted by Crippen LogP contribution is 2.33. The van der Waals surface area contributed by atoms with E-state index in [1.54, 1.807) is 18.2 Å². The standard InChI is InChI=1S/C26H29N5O6S2/c1-31-12-10-17(14-31)36-22-9-8-21-25(28-22)38-26(27-21)29-24(32)23(30-37-18-11-13-35-15-18)16-2-4-19(5-3-16)39(33,34)20-6-7-20/h2-5,8-9,17-18,20H,6-7,10-15H2,1H3,(H,27,29,32)/b30-23+/t17-,18+/m0/s1. The number of likely N-dealkylation sites (N-methyl/N-ethyl adjacent to an activating group) is 1. The number of rotatable bonds is 9. The Kier molecular flexibility index (Phi) is 7.23. The molecule has 39 heavy (non-hydrogen) atoms. The van der Waals surface area contributed by atoms with Gasteiger partial charge in [0.25, 0.3) is 5.91 Å². The summed E-state index contributed by atoms with van der Waals surface area (Å²) in [5.41, 5.74) is 1.08. The second-order valence-corrected chi connectivity index (χ2v) is 13.2. The molecule has 2 aliphatic heterocycles. The second kappa shape index (κ2) is 10.8. The van der Waals surface area contributed by atoms with Crippen molar-refractivity contribution in [2.45, 2.75) is 48.0 Å². The molecule has 1 amide bonds. The Hall–Kier alpha value is -3.13. The smallest absolute Gasteiger partial charge is 0.280 e. The van der Waals surface area contributed by atoms with Gasteiger partial charge in [-0.1, -0.05) is 28.6 Å². The zero-order valence-electron chi connectivity index (χ0n) is 21.4. The summed E-state index contributed by atoms with van der Waals surface area (Å²) in [4.78, 5) is 31.1. The number of ether oxygens (including phenoxy) is 2. The number of likely N-dealkylation sites (tertiary alicyclic amines) is 1. The number of thiazole rings is 1. The maximum absolute atomic E-state index is 13.4. The molecule has 0 spiro atoms. The van der Waals surface area contributed by atoms with E-state index in [1.807, 2.05) is 6.07 Å². The van der Waals surface area contributed by atoms with Crippen molar-refractivity contribution >= 4 is 48.3 Å². The molecule has 11 nitrogen and oxygen atoms in total. The van der Waals surface area contributed by atoms with Gasteiger partial charge in [-0.05, 0) is 44.5 Å². The van der Waals surface area contributed by atoms with Crippen LogP contribution in [0.15, 0.2) is 46.4 Å². The van der Waals surface area contributed by atoms with Gasteiger partial charge >= 0.3 is 0 Å². The number of nitrogens with zero attached hydrogens (tertiary/aromatic N) is 4. The van der Waals surface area contributed by atoms with Crippen LogP contribution in [0, 0.1) is 0 Å². The van der Waals surface area contributed by atoms with Gasteiger partial charge in [0.15, 0.2) is 26.8 Å². The number of nitrogens with one attached hydrogen (secondary N) is 1. The first kappa shape index (κ1) is 26.1. The molecular formula is C26H29N5O6S2. The Bertz CT molecular complexity index is 1500. The number of carbonyl (C=O) groups excluding carboxylic acids is 1. The largest absolute Gasteiger partial charge is 0.473 e. The predicted octanol–water partition coefficient (Wildman–Crippen LogP) is 2.86. The van der Waals surface area contributed by atoms with Crippen molar-refractivity contribution in [3.05, 3.63) is 42.0 Å². The normalized spacial score (nSPS) is 22.3. The predicted molar refractivity (Wildman–Crippen MR) is 146 cm³/mol. The van der Waals surface area contributed by atoms with Gasteiger partial charge in [0, 0.05) is 31.1 Å². The average molecular weight is 572 g/mol. The number of pyridine rings is 1. The van der Waals surface area contributed by atoms with Crippen molar-refractivity contribution in [1.29, 1.82) is 0 Å². The Balaban J connectivity index is 1.21. The Morgan fingerprint density at radius 2 is 1.92 bits per heavy atom. The zero-order chi connectivity index (χ0) is 27.0. The number of anilines is 1. The van der Waals surface area contributed by atoms with Gasteiger partial charge in [-0.25, -0.2) is 18.4 Å². The molecule has 0 radical (unpaired) electrons. The summed E-state index contributed by atoms with van der Waals surface area (Å²) < 4.78 is 36.6. The average Bonchev–Trinajstić information content (AvgIpc) is 3.30. The summed E-state index contributed by atoms with van der Waals surface area (Å²) in [7, 11) is -1.29. The highest BCUT2D eigenvalue weighted by atomic mass is 32.2. The molecule has 0 bridgehead atoms. The van der Waals surface area contributed by atoms with E-state index >= 15 is 0 Å². The van der Waals surface area contributed by atoms with Gasteiger partial charge in [0.1, 0.15) is 16.5 Å². The van der Waals surface area contributed by atoms with Crippen LogP contribution in [0.1, 0.15) is 31.2 Å². The summed E-state index contributed by atoms with van der Waals surface area (Å²) in [6, 6.07) is 9.77. The van der Waals surface area contributed by atoms with Gasteiger partial charge in [-0.3, -0.25) is 10.1 Å². The first-order chi connectivity index (χ1) is 18.8. The van der Waals surface area contributed by atoms with E-state index < -0.39 is 15.7 Å². The van der Waals surface area contributed by atoms with Gasteiger partial charge < -0.3 is 19.2 Å². The lowest BCUT2D eigenvalue weighted by molar-refractivity contribution is -0.110. The first-order valence-corrected chi connectivity index (χ1v) is 15.3. The lowest BCUT2D eigenvalue weighted by Gasteiger charge is -2.12. The molecule has 1 aliphatic carbocycles. The van der Waals surface area contributed by atoms with E-state index in [2.05, 4.69) is 32.4 Å². The summed E-state index contributed by atoms with van der Waals surface area (Å²) >= 11 is 1.23. The van der Waals surface area contributed by atoms with Gasteiger partial charge in [-0.15, -0.1) is 0 Å². The van der Waals surface area contributed by atoms with Crippen molar-refractivity contribution in [2.24, 2.45) is 5.16 Å². The van der Waals surface area contributed by atoms with E-state index in [1.165, 1.54) is 23.5 Å². The summed E-state index contributed by atoms with van der Waals surface area (Å²) in [6.07, 6.45) is 2.82. The monoisotopic (exact) mass is 571 g/mol. The third-order valence-corrected chi connectivity index (χ3v) is 10.1. The first-order valence-electron chi connectivity index (χ1n) is 13.0. The van der Waals surface area contributed by atoms with E-state index in [9.17, 15) is 13.2 Å². The number of sulfone groups is 1. The number of benzene rings is 1. The number of amides is 1. The van der Waals surface area contributed by atoms with Gasteiger partial charge in [-0.2, -0.15) is 0 Å². The number of fused-ring (bicyclic) bond motifs is 1. The summed E-state index contributed by atoms with van der Waals surface area (Å²) in [5.74, 6) is -0.00348. The van der Waals surface area contributed by atoms with Crippen LogP contribution in [-0.4, -0.2) is 85.7 Å². The van der Waals surface area contributed by atoms with Crippen molar-refractivity contribution in [3.63, 3.8) is 0 Å². The van der Waals surface area contributed by atoms with Crippen LogP contribution in [0.4, 0.5) is 5.13 Å². The molecule has 206 valence electrons. The Morgan fingerprint density at radius 3 is 2.62 bits per heavy atom. The molecule has 0 unspecified atom stereocenters. The SMILES string of the molecule is CN1CC[C@H](Oc2ccc3nc(NC(=O)/C(=N/O[C@@H]4CCOC4)c4ccc(S(=O)(=O)C5CC5)cc4)sc3n2)C1. The fraction of sp³-hybridized carbons (Fsp3) is 0.462. The third-order valence-electron chi connectivity index (χ3n) is 6.90. The lowest BCUT2D eigenvalue weighted by atomic mass is 10.1. The van der Waals surface area contributed by atoms with E-state index in [4.69, 9.17) is 14.3 Å². The minimum atomic E-state index is -3.35. The molecular weight excluding hydrogens is 542 g/mol. The van der Waals surface area contributed by atoms with Crippen LogP contribution < -0.4 is 10.1 Å². The second-order valence-electron chi connectivity index (χ2n) is 10.0. The zero-order valence-corrected chi connectivity index (χ0v) is 23.0. The molecule has 2 saturated heterocycles. The maximum atomic E-state index is 13.4. The van der Waals surface area contributed by atoms with Crippen LogP contribution in [0.2, 0.25) is 0 Å². The lowest BCUT2D eigenvalue weighted by Crippen LogP contribution is -2.25. The summed E-state index contributed by atoms with van der Waals surface area (Å²) in [5, 5.41) is 6.99. The highest BCUT2D eigenvalue weighted by Gasteiger charge is 2.37. The van der Waals surface area contributed by atoms with Crippen molar-refractivity contribution in [2.75, 3.05) is 38.7 Å². The quantitative estimate of drug-likeness (QED) is 0.304. The van der Waals surface area contributed by atoms with Crippen LogP contribution in [0.25, 0.3) is 10.3 Å². The molecule has 1 saturated carbocycles. The number of carbonyl (C=O) groups is 1. The van der Waals surface area contributed by atoms with E-state index in [0.29, 0.717) is 59.4 Å². The van der Waals surface area contributed by atoms with Crippen LogP contribution in [-0.2, 0) is 24.2 Å². The topological polar surface area (TPSA) is 132 Å². The van der Waals surface area contributed by atoms with Crippen molar-refractivity contribution < 1.29 is 27.5 Å². The number of hydrogen-bond acceptors (Lipinski definition) is 11. The maximum Gasteiger partial charge on any atom is 0.280 e. The minimum Gasteiger partial charge on any atom is -0.473 e. The molecule has 3 aliphatic rings. The molecule has 2 atom stereocenters. The molecule has 13 heteroatoms. The van der Waals surface area contributed by atoms with E-state index in [0.717, 1.165) is 19.5 Å². The van der Waals surface area contributed by atoms with Crippen LogP contribution in [0.5, 0.6) is 5.88 Å². The highest BCUT2D eigenvalue weighted by molar-refractivity contribution is 7.92. The van der Waals surface area contributed by atoms with Crippen molar-refractivity contribution in [1.82, 2.24) is 14.9 Å². The van der Waals surface area contributed by atoms with Gasteiger partial charge in [0.05, 0.1) is 23.4 Å².